The minimum absolute atomic E-state index is 0.0113. The van der Waals surface area contributed by atoms with Crippen LogP contribution >= 0.6 is 23.0 Å². The van der Waals surface area contributed by atoms with Crippen LogP contribution in [0.5, 0.6) is 0 Å². The van der Waals surface area contributed by atoms with E-state index in [9.17, 15) is 9.59 Å². The number of ketones is 2. The number of hydrogen-bond acceptors (Lipinski definition) is 4. The summed E-state index contributed by atoms with van der Waals surface area (Å²) >= 11 is 1.59. The summed E-state index contributed by atoms with van der Waals surface area (Å²) < 4.78 is 9.71. The Kier molecular flexibility index (Phi) is 7.36. The first-order valence-corrected chi connectivity index (χ1v) is 5.96. The highest BCUT2D eigenvalue weighted by Crippen LogP contribution is 2.18. The summed E-state index contributed by atoms with van der Waals surface area (Å²) in [6, 6.07) is 0. The highest BCUT2D eigenvalue weighted by Gasteiger charge is 2.23. The zero-order valence-electron chi connectivity index (χ0n) is 10.0. The van der Waals surface area contributed by atoms with Crippen molar-refractivity contribution < 1.29 is 17.4 Å². The molecule has 0 heterocycles. The van der Waals surface area contributed by atoms with Crippen LogP contribution in [0, 0.1) is 5.92 Å². The van der Waals surface area contributed by atoms with Crippen molar-refractivity contribution in [3.05, 3.63) is 11.5 Å². The molecule has 0 radical (unpaired) electrons. The van der Waals surface area contributed by atoms with Crippen molar-refractivity contribution in [2.45, 2.75) is 33.6 Å². The Morgan fingerprint density at radius 3 is 2.25 bits per heavy atom. The quantitative estimate of drug-likeness (QED) is 0.235. The van der Waals surface area contributed by atoms with Crippen LogP contribution in [0.2, 0.25) is 0 Å². The van der Waals surface area contributed by atoms with Crippen molar-refractivity contribution in [3.63, 3.8) is 0 Å². The fourth-order valence-electron chi connectivity index (χ4n) is 1.19. The topological polar surface area (TPSA) is 52.6 Å². The molecule has 0 saturated heterocycles. The lowest BCUT2D eigenvalue weighted by Gasteiger charge is -2.10. The van der Waals surface area contributed by atoms with Crippen LogP contribution in [-0.4, -0.2) is 18.7 Å². The fourth-order valence-corrected chi connectivity index (χ4v) is 1.59. The Hall–Kier alpha value is -0.590. The van der Waals surface area contributed by atoms with E-state index in [4.69, 9.17) is 7.80 Å². The van der Waals surface area contributed by atoms with E-state index in [2.05, 4.69) is 0 Å². The number of hydrogen-bond donors (Lipinski definition) is 0. The molecule has 0 spiro atoms. The Bertz CT molecular complexity index is 290. The third kappa shape index (κ3) is 4.51. The molecule has 0 aliphatic heterocycles. The molecule has 16 heavy (non-hydrogen) atoms. The first kappa shape index (κ1) is 15.4. The zero-order valence-corrected chi connectivity index (χ0v) is 12.2. The Labute approximate surface area is 110 Å². The molecular formula is C11H17IO4. The van der Waals surface area contributed by atoms with Gasteiger partial charge in [-0.3, -0.25) is 9.59 Å². The first-order chi connectivity index (χ1) is 7.47. The predicted octanol–water partition coefficient (Wildman–Crippen LogP) is 2.81. The summed E-state index contributed by atoms with van der Waals surface area (Å²) in [5.74, 6) is -0.326. The maximum atomic E-state index is 11.9. The summed E-state index contributed by atoms with van der Waals surface area (Å²) in [5.41, 5.74) is 0.0113. The third-order valence-electron chi connectivity index (χ3n) is 2.32. The standard InChI is InChI=1S/C11H17IO4/c1-5-7(2)6-9(14)10(8(3)13)11(15-4)16-12/h7H,5-6H2,1-4H3/b11-10+. The third-order valence-corrected chi connectivity index (χ3v) is 2.72. The minimum Gasteiger partial charge on any atom is -0.468 e. The van der Waals surface area contributed by atoms with E-state index in [1.807, 2.05) is 13.8 Å². The van der Waals surface area contributed by atoms with Crippen LogP contribution in [0.25, 0.3) is 0 Å². The number of methoxy groups -OCH3 is 1. The fraction of sp³-hybridized carbons (Fsp3) is 0.636. The second-order valence-electron chi connectivity index (χ2n) is 3.64. The second kappa shape index (κ2) is 7.65. The van der Waals surface area contributed by atoms with Gasteiger partial charge < -0.3 is 7.80 Å². The molecule has 0 aliphatic rings. The van der Waals surface area contributed by atoms with E-state index in [1.165, 1.54) is 14.0 Å². The molecule has 1 unspecified atom stereocenters. The van der Waals surface area contributed by atoms with Crippen molar-refractivity contribution in [2.75, 3.05) is 7.11 Å². The van der Waals surface area contributed by atoms with Crippen LogP contribution in [0.3, 0.4) is 0 Å². The molecule has 0 aromatic rings. The van der Waals surface area contributed by atoms with Crippen LogP contribution in [0.4, 0.5) is 0 Å². The molecule has 4 nitrogen and oxygen atoms in total. The number of allylic oxidation sites excluding steroid dienone is 1. The highest BCUT2D eigenvalue weighted by atomic mass is 127. The first-order valence-electron chi connectivity index (χ1n) is 5.08. The van der Waals surface area contributed by atoms with Gasteiger partial charge in [0.05, 0.1) is 7.11 Å². The van der Waals surface area contributed by atoms with E-state index in [0.717, 1.165) is 6.42 Å². The molecule has 0 N–H and O–H groups in total. The number of ether oxygens (including phenoxy) is 1. The highest BCUT2D eigenvalue weighted by molar-refractivity contribution is 14.1. The molecular weight excluding hydrogens is 323 g/mol. The number of carbonyl (C=O) groups is 2. The van der Waals surface area contributed by atoms with Crippen LogP contribution < -0.4 is 0 Å². The monoisotopic (exact) mass is 340 g/mol. The van der Waals surface area contributed by atoms with Crippen LogP contribution in [0.1, 0.15) is 33.6 Å². The lowest BCUT2D eigenvalue weighted by Crippen LogP contribution is -2.16. The molecule has 1 atom stereocenters. The van der Waals surface area contributed by atoms with Gasteiger partial charge in [0.15, 0.2) is 34.6 Å². The molecule has 5 heteroatoms. The van der Waals surface area contributed by atoms with Gasteiger partial charge >= 0.3 is 5.95 Å². The van der Waals surface area contributed by atoms with Gasteiger partial charge in [0.25, 0.3) is 0 Å². The van der Waals surface area contributed by atoms with Crippen molar-refractivity contribution in [1.29, 1.82) is 0 Å². The Balaban J connectivity index is 5.00. The number of rotatable bonds is 7. The van der Waals surface area contributed by atoms with Gasteiger partial charge in [0.1, 0.15) is 5.57 Å². The number of carbonyl (C=O) groups excluding carboxylic acids is 2. The van der Waals surface area contributed by atoms with Crippen molar-refractivity contribution in [3.8, 4) is 0 Å². The Morgan fingerprint density at radius 2 is 1.94 bits per heavy atom. The van der Waals surface area contributed by atoms with Crippen molar-refractivity contribution >= 4 is 34.6 Å². The molecule has 0 aromatic carbocycles. The molecule has 0 bridgehead atoms. The van der Waals surface area contributed by atoms with Gasteiger partial charge in [-0.15, -0.1) is 0 Å². The van der Waals surface area contributed by atoms with Gasteiger partial charge in [0.2, 0.25) is 0 Å². The van der Waals surface area contributed by atoms with Gasteiger partial charge in [-0.05, 0) is 12.8 Å². The Morgan fingerprint density at radius 1 is 1.38 bits per heavy atom. The molecule has 0 rings (SSSR count). The molecule has 0 fully saturated rings. The van der Waals surface area contributed by atoms with E-state index in [-0.39, 0.29) is 29.0 Å². The van der Waals surface area contributed by atoms with Gasteiger partial charge in [-0.25, -0.2) is 0 Å². The summed E-state index contributed by atoms with van der Waals surface area (Å²) in [6.07, 6.45) is 1.22. The van der Waals surface area contributed by atoms with Crippen molar-refractivity contribution in [1.82, 2.24) is 0 Å². The second-order valence-corrected chi connectivity index (χ2v) is 4.08. The normalized spacial score (nSPS) is 13.8. The molecule has 0 aliphatic carbocycles. The summed E-state index contributed by atoms with van der Waals surface area (Å²) in [7, 11) is 1.37. The maximum absolute atomic E-state index is 11.9. The van der Waals surface area contributed by atoms with E-state index < -0.39 is 0 Å². The largest absolute Gasteiger partial charge is 0.468 e. The zero-order chi connectivity index (χ0) is 12.7. The van der Waals surface area contributed by atoms with E-state index in [1.54, 1.807) is 23.0 Å². The smallest absolute Gasteiger partial charge is 0.303 e. The summed E-state index contributed by atoms with van der Waals surface area (Å²) in [4.78, 5) is 23.2. The number of halogens is 1. The maximum Gasteiger partial charge on any atom is 0.303 e. The summed E-state index contributed by atoms with van der Waals surface area (Å²) in [6.45, 7) is 5.30. The molecule has 0 amide bonds. The predicted molar refractivity (Wildman–Crippen MR) is 68.9 cm³/mol. The lowest BCUT2D eigenvalue weighted by atomic mass is 9.96. The SMILES string of the molecule is CCC(C)CC(=O)/C(C(C)=O)=C(\OC)OI. The van der Waals surface area contributed by atoms with Crippen molar-refractivity contribution in [2.24, 2.45) is 5.92 Å². The average Bonchev–Trinajstić information content (AvgIpc) is 2.24. The number of Topliss-reactive ketones (excluding diaryl/α,β-unsaturated/α-hetero) is 2. The van der Waals surface area contributed by atoms with Crippen LogP contribution in [0.15, 0.2) is 11.5 Å². The van der Waals surface area contributed by atoms with E-state index in [0.29, 0.717) is 6.42 Å². The lowest BCUT2D eigenvalue weighted by molar-refractivity contribution is -0.121. The van der Waals surface area contributed by atoms with E-state index >= 15 is 0 Å². The minimum atomic E-state index is -0.332. The van der Waals surface area contributed by atoms with Gasteiger partial charge in [-0.1, -0.05) is 20.3 Å². The molecule has 0 saturated carbocycles. The van der Waals surface area contributed by atoms with Gasteiger partial charge in [0, 0.05) is 6.42 Å². The summed E-state index contributed by atoms with van der Waals surface area (Å²) in [5, 5.41) is 0. The molecule has 92 valence electrons. The average molecular weight is 340 g/mol. The molecule has 0 aromatic heterocycles. The van der Waals surface area contributed by atoms with Crippen LogP contribution in [-0.2, 0) is 17.4 Å². The van der Waals surface area contributed by atoms with Gasteiger partial charge in [-0.2, -0.15) is 0 Å².